The Morgan fingerprint density at radius 2 is 1.13 bits per heavy atom. The maximum absolute atomic E-state index is 9.55. The molecule has 0 aromatic rings. The fourth-order valence-electron chi connectivity index (χ4n) is 3.96. The van der Waals surface area contributed by atoms with Crippen molar-refractivity contribution in [1.82, 2.24) is 4.90 Å². The highest BCUT2D eigenvalue weighted by atomic mass is 35.5. The minimum atomic E-state index is -0.509. The molecule has 5 nitrogen and oxygen atoms in total. The highest BCUT2D eigenvalue weighted by Gasteiger charge is 2.19. The van der Waals surface area contributed by atoms with Gasteiger partial charge in [-0.05, 0) is 13.3 Å². The summed E-state index contributed by atoms with van der Waals surface area (Å²) in [5, 5.41) is 28.2. The predicted molar refractivity (Wildman–Crippen MR) is 134 cm³/mol. The zero-order valence-corrected chi connectivity index (χ0v) is 21.4. The zero-order chi connectivity index (χ0) is 22.3. The molecule has 0 aliphatic carbocycles. The average Bonchev–Trinajstić information content (AvgIpc) is 2.72. The first-order valence-electron chi connectivity index (χ1n) is 12.9. The highest BCUT2D eigenvalue weighted by molar-refractivity contribution is 5.85. The molecule has 0 rings (SSSR count). The van der Waals surface area contributed by atoms with E-state index in [2.05, 4.69) is 6.92 Å². The van der Waals surface area contributed by atoms with Crippen molar-refractivity contribution >= 4 is 12.4 Å². The van der Waals surface area contributed by atoms with E-state index in [1.807, 2.05) is 0 Å². The molecule has 0 aliphatic heterocycles. The third-order valence-corrected chi connectivity index (χ3v) is 5.76. The van der Waals surface area contributed by atoms with Gasteiger partial charge >= 0.3 is 0 Å². The summed E-state index contributed by atoms with van der Waals surface area (Å²) in [5.41, 5.74) is 0. The average molecular weight is 468 g/mol. The number of aliphatic hydroxyl groups is 3. The van der Waals surface area contributed by atoms with Gasteiger partial charge in [0, 0.05) is 19.7 Å². The largest absolute Gasteiger partial charge is 0.395 e. The monoisotopic (exact) mass is 467 g/mol. The normalized spacial score (nSPS) is 13.4. The van der Waals surface area contributed by atoms with Gasteiger partial charge in [0.15, 0.2) is 0 Å². The molecule has 0 saturated heterocycles. The smallest absolute Gasteiger partial charge is 0.134 e. The van der Waals surface area contributed by atoms with Crippen LogP contribution in [-0.2, 0) is 4.74 Å². The van der Waals surface area contributed by atoms with E-state index in [0.29, 0.717) is 19.7 Å². The molecule has 2 atom stereocenters. The molecule has 0 radical (unpaired) electrons. The second-order valence-corrected chi connectivity index (χ2v) is 8.88. The molecule has 6 heteroatoms. The van der Waals surface area contributed by atoms with Gasteiger partial charge in [-0.3, -0.25) is 4.90 Å². The second-order valence-electron chi connectivity index (χ2n) is 8.88. The van der Waals surface area contributed by atoms with E-state index in [0.717, 1.165) is 12.8 Å². The van der Waals surface area contributed by atoms with Crippen LogP contribution in [0.2, 0.25) is 0 Å². The Hall–Kier alpha value is 0.0900. The first kappa shape index (κ1) is 33.3. The minimum Gasteiger partial charge on any atom is -0.395 e. The Morgan fingerprint density at radius 3 is 1.48 bits per heavy atom. The number of rotatable bonds is 24. The number of halogens is 1. The van der Waals surface area contributed by atoms with Crippen LogP contribution in [0.4, 0.5) is 0 Å². The first-order chi connectivity index (χ1) is 14.7. The lowest BCUT2D eigenvalue weighted by Crippen LogP contribution is -2.45. The van der Waals surface area contributed by atoms with Gasteiger partial charge in [0.25, 0.3) is 0 Å². The van der Waals surface area contributed by atoms with Crippen molar-refractivity contribution in [3.8, 4) is 0 Å². The Morgan fingerprint density at radius 1 is 0.710 bits per heavy atom. The van der Waals surface area contributed by atoms with Gasteiger partial charge in [0.05, 0.1) is 19.3 Å². The molecular weight excluding hydrogens is 414 g/mol. The Kier molecular flexibility index (Phi) is 28.3. The zero-order valence-electron chi connectivity index (χ0n) is 20.6. The Labute approximate surface area is 199 Å². The molecule has 0 aliphatic rings. The van der Waals surface area contributed by atoms with E-state index >= 15 is 0 Å². The Balaban J connectivity index is 0. The van der Waals surface area contributed by atoms with Crippen molar-refractivity contribution in [1.29, 1.82) is 0 Å². The van der Waals surface area contributed by atoms with Crippen LogP contribution < -0.4 is 0 Å². The summed E-state index contributed by atoms with van der Waals surface area (Å²) < 4.78 is 5.78. The molecule has 0 spiro atoms. The lowest BCUT2D eigenvalue weighted by Gasteiger charge is -2.30. The van der Waals surface area contributed by atoms with Crippen molar-refractivity contribution in [3.63, 3.8) is 0 Å². The topological polar surface area (TPSA) is 73.2 Å². The van der Waals surface area contributed by atoms with Gasteiger partial charge in [-0.25, -0.2) is 0 Å². The molecule has 0 fully saturated rings. The van der Waals surface area contributed by atoms with Crippen molar-refractivity contribution < 1.29 is 20.1 Å². The van der Waals surface area contributed by atoms with Crippen LogP contribution in [0.1, 0.15) is 117 Å². The predicted octanol–water partition coefficient (Wildman–Crippen LogP) is 5.68. The molecule has 0 heterocycles. The summed E-state index contributed by atoms with van der Waals surface area (Å²) in [5.74, 6) is 0. The van der Waals surface area contributed by atoms with E-state index in [-0.39, 0.29) is 25.6 Å². The van der Waals surface area contributed by atoms with Crippen molar-refractivity contribution in [3.05, 3.63) is 0 Å². The fourth-order valence-corrected chi connectivity index (χ4v) is 3.96. The quantitative estimate of drug-likeness (QED) is 0.126. The van der Waals surface area contributed by atoms with Crippen LogP contribution in [0.3, 0.4) is 0 Å². The van der Waals surface area contributed by atoms with E-state index in [4.69, 9.17) is 9.84 Å². The van der Waals surface area contributed by atoms with Crippen LogP contribution in [0.15, 0.2) is 0 Å². The van der Waals surface area contributed by atoms with Crippen LogP contribution in [-0.4, -0.2) is 65.5 Å². The highest BCUT2D eigenvalue weighted by Crippen LogP contribution is 2.14. The third kappa shape index (κ3) is 23.1. The van der Waals surface area contributed by atoms with Gasteiger partial charge in [-0.1, -0.05) is 103 Å². The van der Waals surface area contributed by atoms with E-state index in [1.54, 1.807) is 11.8 Å². The number of hydrogen-bond donors (Lipinski definition) is 3. The molecule has 2 unspecified atom stereocenters. The summed E-state index contributed by atoms with van der Waals surface area (Å²) in [6.45, 7) is 5.26. The minimum absolute atomic E-state index is 0. The molecule has 190 valence electrons. The number of unbranched alkanes of at least 4 members (excludes halogenated alkanes) is 15. The van der Waals surface area contributed by atoms with Gasteiger partial charge in [-0.2, -0.15) is 0 Å². The molecule has 0 bridgehead atoms. The fraction of sp³-hybridized carbons (Fsp3) is 1.00. The standard InChI is InChI=1S/C25H53NO4.ClH/c1-3-4-5-6-7-8-9-10-11-12-13-14-15-16-17-18-21-30-25(23-28)26(19-20-27)22-24(2)29;/h24-25,27-29H,3-23H2,1-2H3;1H. The number of hydrogen-bond acceptors (Lipinski definition) is 5. The molecule has 0 amide bonds. The maximum Gasteiger partial charge on any atom is 0.134 e. The van der Waals surface area contributed by atoms with Crippen molar-refractivity contribution in [2.24, 2.45) is 0 Å². The molecule has 0 aromatic carbocycles. The van der Waals surface area contributed by atoms with Crippen LogP contribution in [0, 0.1) is 0 Å². The van der Waals surface area contributed by atoms with Gasteiger partial charge in [0.1, 0.15) is 6.23 Å². The van der Waals surface area contributed by atoms with Gasteiger partial charge < -0.3 is 20.1 Å². The number of ether oxygens (including phenoxy) is 1. The molecule has 0 aromatic heterocycles. The van der Waals surface area contributed by atoms with Crippen LogP contribution >= 0.6 is 12.4 Å². The van der Waals surface area contributed by atoms with E-state index in [9.17, 15) is 10.2 Å². The van der Waals surface area contributed by atoms with Gasteiger partial charge in [0.2, 0.25) is 0 Å². The van der Waals surface area contributed by atoms with Crippen molar-refractivity contribution in [2.75, 3.05) is 32.9 Å². The van der Waals surface area contributed by atoms with Crippen molar-refractivity contribution in [2.45, 2.75) is 129 Å². The summed E-state index contributed by atoms with van der Waals surface area (Å²) in [7, 11) is 0. The molecule has 31 heavy (non-hydrogen) atoms. The lowest BCUT2D eigenvalue weighted by molar-refractivity contribution is -0.101. The summed E-state index contributed by atoms with van der Waals surface area (Å²) in [4.78, 5) is 1.80. The Bertz CT molecular complexity index is 335. The molecule has 3 N–H and O–H groups in total. The van der Waals surface area contributed by atoms with Crippen LogP contribution in [0.25, 0.3) is 0 Å². The molecule has 0 saturated carbocycles. The molecular formula is C25H54ClNO4. The SMILES string of the molecule is CCCCCCCCCCCCCCCCCCOC(CO)N(CCO)CC(C)O.Cl. The van der Waals surface area contributed by atoms with E-state index < -0.39 is 12.3 Å². The summed E-state index contributed by atoms with van der Waals surface area (Å²) >= 11 is 0. The lowest BCUT2D eigenvalue weighted by atomic mass is 10.0. The number of aliphatic hydroxyl groups excluding tert-OH is 3. The number of nitrogens with zero attached hydrogens (tertiary/aromatic N) is 1. The van der Waals surface area contributed by atoms with Gasteiger partial charge in [-0.15, -0.1) is 12.4 Å². The maximum atomic E-state index is 9.55. The second kappa shape index (κ2) is 26.3. The summed E-state index contributed by atoms with van der Waals surface area (Å²) in [6.07, 6.45) is 20.6. The van der Waals surface area contributed by atoms with E-state index in [1.165, 1.54) is 89.9 Å². The van der Waals surface area contributed by atoms with Crippen LogP contribution in [0.5, 0.6) is 0 Å². The first-order valence-corrected chi connectivity index (χ1v) is 12.9. The third-order valence-electron chi connectivity index (χ3n) is 5.76. The summed E-state index contributed by atoms with van der Waals surface area (Å²) in [6, 6.07) is 0.